The maximum absolute atomic E-state index is 11.9. The molecule has 0 saturated carbocycles. The molecule has 4 nitrogen and oxygen atoms in total. The van der Waals surface area contributed by atoms with Gasteiger partial charge in [-0.25, -0.2) is 0 Å². The number of nitrogens with one attached hydrogen (secondary N) is 1. The summed E-state index contributed by atoms with van der Waals surface area (Å²) in [6.07, 6.45) is 0. The van der Waals surface area contributed by atoms with Crippen LogP contribution < -0.4 is 20.7 Å². The Labute approximate surface area is 79.6 Å². The Bertz CT molecular complexity index is 307. The molecule has 1 aromatic rings. The van der Waals surface area contributed by atoms with Gasteiger partial charge in [0.05, 0.1) is 7.11 Å². The van der Waals surface area contributed by atoms with Crippen LogP contribution in [-0.4, -0.2) is 13.7 Å². The molecule has 6 heteroatoms. The molecule has 0 fully saturated rings. The van der Waals surface area contributed by atoms with Crippen molar-refractivity contribution in [1.82, 2.24) is 0 Å². The van der Waals surface area contributed by atoms with Crippen LogP contribution in [0.15, 0.2) is 18.2 Å². The zero-order valence-corrected chi connectivity index (χ0v) is 7.46. The predicted molar refractivity (Wildman–Crippen MR) is 47.4 cm³/mol. The molecule has 0 amide bonds. The van der Waals surface area contributed by atoms with E-state index in [1.807, 2.05) is 0 Å². The average molecular weight is 204 g/mol. The van der Waals surface area contributed by atoms with Gasteiger partial charge in [0, 0.05) is 0 Å². The molecule has 0 aromatic heterocycles. The number of methoxy groups -OCH3 is 1. The molecular weight excluding hydrogens is 194 g/mol. The molecule has 1 aromatic carbocycles. The zero-order chi connectivity index (χ0) is 10.6. The highest BCUT2D eigenvalue weighted by atomic mass is 19.3. The summed E-state index contributed by atoms with van der Waals surface area (Å²) in [4.78, 5) is 0. The number of anilines is 1. The standard InChI is InChI=1S/C8H10F2N2O2/c1-13-5-3-2-4-6(7(5)12-11)14-8(9)10/h2-4,8,12H,11H2,1H3. The fraction of sp³-hybridized carbons (Fsp3) is 0.250. The topological polar surface area (TPSA) is 56.5 Å². The zero-order valence-electron chi connectivity index (χ0n) is 7.46. The molecule has 0 spiro atoms. The van der Waals surface area contributed by atoms with E-state index in [0.29, 0.717) is 5.75 Å². The molecular formula is C8H10F2N2O2. The lowest BCUT2D eigenvalue weighted by Crippen LogP contribution is -2.12. The van der Waals surface area contributed by atoms with Crippen LogP contribution in [0.2, 0.25) is 0 Å². The summed E-state index contributed by atoms with van der Waals surface area (Å²) in [5.74, 6) is 5.43. The van der Waals surface area contributed by atoms with Gasteiger partial charge < -0.3 is 14.9 Å². The molecule has 0 atom stereocenters. The first-order valence-electron chi connectivity index (χ1n) is 3.77. The van der Waals surface area contributed by atoms with E-state index < -0.39 is 6.61 Å². The SMILES string of the molecule is COc1cccc(OC(F)F)c1NN. The summed E-state index contributed by atoms with van der Waals surface area (Å²) in [5.41, 5.74) is 2.43. The predicted octanol–water partition coefficient (Wildman–Crippen LogP) is 1.58. The van der Waals surface area contributed by atoms with E-state index in [9.17, 15) is 8.78 Å². The van der Waals surface area contributed by atoms with Crippen molar-refractivity contribution in [2.45, 2.75) is 6.61 Å². The maximum Gasteiger partial charge on any atom is 0.387 e. The van der Waals surface area contributed by atoms with E-state index in [-0.39, 0.29) is 11.4 Å². The van der Waals surface area contributed by atoms with Crippen molar-refractivity contribution in [3.8, 4) is 11.5 Å². The van der Waals surface area contributed by atoms with Crippen LogP contribution in [0.1, 0.15) is 0 Å². The molecule has 0 aliphatic carbocycles. The van der Waals surface area contributed by atoms with Gasteiger partial charge in [0.2, 0.25) is 0 Å². The van der Waals surface area contributed by atoms with Crippen molar-refractivity contribution in [3.05, 3.63) is 18.2 Å². The minimum atomic E-state index is -2.89. The van der Waals surface area contributed by atoms with Crippen molar-refractivity contribution in [3.63, 3.8) is 0 Å². The van der Waals surface area contributed by atoms with Crippen LogP contribution in [0, 0.1) is 0 Å². The number of hydrazine groups is 1. The first-order chi connectivity index (χ1) is 6.69. The summed E-state index contributed by atoms with van der Waals surface area (Å²) in [5, 5.41) is 0. The smallest absolute Gasteiger partial charge is 0.387 e. The fourth-order valence-electron chi connectivity index (χ4n) is 1.02. The first kappa shape index (κ1) is 10.5. The third-order valence-corrected chi connectivity index (χ3v) is 1.57. The molecule has 0 radical (unpaired) electrons. The highest BCUT2D eigenvalue weighted by Crippen LogP contribution is 2.34. The molecule has 78 valence electrons. The summed E-state index contributed by atoms with van der Waals surface area (Å²) in [6, 6.07) is 4.47. The summed E-state index contributed by atoms with van der Waals surface area (Å²) >= 11 is 0. The highest BCUT2D eigenvalue weighted by Gasteiger charge is 2.12. The van der Waals surface area contributed by atoms with Gasteiger partial charge >= 0.3 is 6.61 Å². The second kappa shape index (κ2) is 4.61. The second-order valence-electron chi connectivity index (χ2n) is 2.36. The number of para-hydroxylation sites is 1. The van der Waals surface area contributed by atoms with E-state index >= 15 is 0 Å². The van der Waals surface area contributed by atoms with Crippen molar-refractivity contribution < 1.29 is 18.3 Å². The second-order valence-corrected chi connectivity index (χ2v) is 2.36. The largest absolute Gasteiger partial charge is 0.494 e. The minimum absolute atomic E-state index is 0.0538. The number of halogens is 2. The number of rotatable bonds is 4. The Morgan fingerprint density at radius 2 is 2.00 bits per heavy atom. The Morgan fingerprint density at radius 1 is 1.36 bits per heavy atom. The lowest BCUT2D eigenvalue weighted by molar-refractivity contribution is -0.0494. The Morgan fingerprint density at radius 3 is 2.50 bits per heavy atom. The van der Waals surface area contributed by atoms with Gasteiger partial charge in [0.1, 0.15) is 11.4 Å². The third-order valence-electron chi connectivity index (χ3n) is 1.57. The van der Waals surface area contributed by atoms with Gasteiger partial charge in [-0.1, -0.05) is 6.07 Å². The molecule has 0 unspecified atom stereocenters. The monoisotopic (exact) mass is 204 g/mol. The average Bonchev–Trinajstić information content (AvgIpc) is 2.16. The van der Waals surface area contributed by atoms with Crippen molar-refractivity contribution >= 4 is 5.69 Å². The number of hydrogen-bond donors (Lipinski definition) is 2. The lowest BCUT2D eigenvalue weighted by Gasteiger charge is -2.12. The molecule has 0 heterocycles. The Kier molecular flexibility index (Phi) is 3.47. The molecule has 1 rings (SSSR count). The third kappa shape index (κ3) is 2.23. The van der Waals surface area contributed by atoms with Crippen molar-refractivity contribution in [2.75, 3.05) is 12.5 Å². The van der Waals surface area contributed by atoms with E-state index in [0.717, 1.165) is 0 Å². The van der Waals surface area contributed by atoms with Gasteiger partial charge in [0.15, 0.2) is 5.75 Å². The van der Waals surface area contributed by atoms with Gasteiger partial charge in [-0.05, 0) is 12.1 Å². The quantitative estimate of drug-likeness (QED) is 0.577. The van der Waals surface area contributed by atoms with Crippen LogP contribution in [0.3, 0.4) is 0 Å². The van der Waals surface area contributed by atoms with Gasteiger partial charge in [0.25, 0.3) is 0 Å². The van der Waals surface area contributed by atoms with E-state index in [1.54, 1.807) is 6.07 Å². The van der Waals surface area contributed by atoms with Crippen LogP contribution in [0.25, 0.3) is 0 Å². The number of hydrogen-bond acceptors (Lipinski definition) is 4. The summed E-state index contributed by atoms with van der Waals surface area (Å²) in [7, 11) is 1.41. The first-order valence-corrected chi connectivity index (χ1v) is 3.77. The van der Waals surface area contributed by atoms with Gasteiger partial charge in [-0.2, -0.15) is 8.78 Å². The van der Waals surface area contributed by atoms with E-state index in [1.165, 1.54) is 19.2 Å². The Hall–Kier alpha value is -1.56. The lowest BCUT2D eigenvalue weighted by atomic mass is 10.3. The van der Waals surface area contributed by atoms with Crippen LogP contribution in [0.5, 0.6) is 11.5 Å². The molecule has 0 aliphatic heterocycles. The van der Waals surface area contributed by atoms with Crippen LogP contribution in [-0.2, 0) is 0 Å². The highest BCUT2D eigenvalue weighted by molar-refractivity contribution is 5.65. The van der Waals surface area contributed by atoms with Gasteiger partial charge in [-0.15, -0.1) is 0 Å². The fourth-order valence-corrected chi connectivity index (χ4v) is 1.02. The molecule has 0 aliphatic rings. The van der Waals surface area contributed by atoms with Crippen LogP contribution in [0.4, 0.5) is 14.5 Å². The number of alkyl halides is 2. The van der Waals surface area contributed by atoms with E-state index in [2.05, 4.69) is 10.2 Å². The van der Waals surface area contributed by atoms with Gasteiger partial charge in [-0.3, -0.25) is 5.84 Å². The molecule has 3 N–H and O–H groups in total. The molecule has 0 bridgehead atoms. The number of nitrogens with two attached hydrogens (primary N) is 1. The number of ether oxygens (including phenoxy) is 2. The van der Waals surface area contributed by atoms with Crippen molar-refractivity contribution in [2.24, 2.45) is 5.84 Å². The number of nitrogen functional groups attached to an aromatic ring is 1. The minimum Gasteiger partial charge on any atom is -0.494 e. The maximum atomic E-state index is 11.9. The van der Waals surface area contributed by atoms with E-state index in [4.69, 9.17) is 10.6 Å². The summed E-state index contributed by atoms with van der Waals surface area (Å²) < 4.78 is 33.0. The Balaban J connectivity index is 3.02. The molecule has 0 saturated heterocycles. The molecule has 14 heavy (non-hydrogen) atoms. The van der Waals surface area contributed by atoms with Crippen molar-refractivity contribution in [1.29, 1.82) is 0 Å². The number of benzene rings is 1. The summed E-state index contributed by atoms with van der Waals surface area (Å²) in [6.45, 7) is -2.89. The van der Waals surface area contributed by atoms with Crippen LogP contribution >= 0.6 is 0 Å². The normalized spacial score (nSPS) is 10.1.